The standard InChI is InChI=1S/C22H26N6/c1-23-22(27-13-12-19(16-27)14-18-8-4-2-5-9-18)24-15-21-26-25-17-28(21)20-10-6-3-7-11-20/h2-11,17,19H,12-16H2,1H3,(H,23,24). The largest absolute Gasteiger partial charge is 0.349 e. The minimum Gasteiger partial charge on any atom is -0.349 e. The molecule has 1 aromatic heterocycles. The molecule has 1 aliphatic heterocycles. The lowest BCUT2D eigenvalue weighted by atomic mass is 9.99. The van der Waals surface area contributed by atoms with E-state index in [9.17, 15) is 0 Å². The second-order valence-electron chi connectivity index (χ2n) is 7.14. The first-order valence-electron chi connectivity index (χ1n) is 9.77. The number of aliphatic imine (C=N–C) groups is 1. The van der Waals surface area contributed by atoms with Crippen LogP contribution >= 0.6 is 0 Å². The van der Waals surface area contributed by atoms with Crippen LogP contribution in [0.3, 0.4) is 0 Å². The third-order valence-electron chi connectivity index (χ3n) is 5.22. The Kier molecular flexibility index (Phi) is 5.66. The van der Waals surface area contributed by atoms with Gasteiger partial charge in [0.15, 0.2) is 11.8 Å². The van der Waals surface area contributed by atoms with Crippen LogP contribution in [0.1, 0.15) is 17.8 Å². The molecule has 0 spiro atoms. The first-order valence-corrected chi connectivity index (χ1v) is 9.77. The van der Waals surface area contributed by atoms with Crippen LogP contribution in [0.4, 0.5) is 0 Å². The topological polar surface area (TPSA) is 58.3 Å². The number of hydrogen-bond acceptors (Lipinski definition) is 3. The van der Waals surface area contributed by atoms with Gasteiger partial charge in [0, 0.05) is 25.8 Å². The number of nitrogens with one attached hydrogen (secondary N) is 1. The summed E-state index contributed by atoms with van der Waals surface area (Å²) in [5.74, 6) is 2.46. The van der Waals surface area contributed by atoms with E-state index in [1.54, 1.807) is 6.33 Å². The zero-order valence-electron chi connectivity index (χ0n) is 16.2. The lowest BCUT2D eigenvalue weighted by Gasteiger charge is -2.21. The minimum atomic E-state index is 0.585. The van der Waals surface area contributed by atoms with Crippen molar-refractivity contribution in [1.29, 1.82) is 0 Å². The molecule has 2 aromatic carbocycles. The lowest BCUT2D eigenvalue weighted by Crippen LogP contribution is -2.40. The zero-order chi connectivity index (χ0) is 19.2. The van der Waals surface area contributed by atoms with E-state index in [2.05, 4.69) is 67.9 Å². The molecule has 0 radical (unpaired) electrons. The van der Waals surface area contributed by atoms with Crippen LogP contribution in [-0.4, -0.2) is 45.8 Å². The van der Waals surface area contributed by atoms with Crippen LogP contribution in [0.2, 0.25) is 0 Å². The molecule has 0 amide bonds. The molecule has 2 heterocycles. The van der Waals surface area contributed by atoms with Gasteiger partial charge in [-0.15, -0.1) is 10.2 Å². The van der Waals surface area contributed by atoms with Crippen LogP contribution in [0.15, 0.2) is 72.0 Å². The van der Waals surface area contributed by atoms with Crippen LogP contribution < -0.4 is 5.32 Å². The van der Waals surface area contributed by atoms with Crippen molar-refractivity contribution in [1.82, 2.24) is 25.0 Å². The first kappa shape index (κ1) is 18.2. The maximum absolute atomic E-state index is 4.49. The van der Waals surface area contributed by atoms with Crippen molar-refractivity contribution in [3.8, 4) is 5.69 Å². The van der Waals surface area contributed by atoms with Crippen molar-refractivity contribution in [2.45, 2.75) is 19.4 Å². The molecule has 1 N–H and O–H groups in total. The van der Waals surface area contributed by atoms with E-state index in [1.807, 2.05) is 29.8 Å². The monoisotopic (exact) mass is 374 g/mol. The van der Waals surface area contributed by atoms with Gasteiger partial charge in [0.05, 0.1) is 6.54 Å². The van der Waals surface area contributed by atoms with Gasteiger partial charge >= 0.3 is 0 Å². The number of rotatable bonds is 5. The van der Waals surface area contributed by atoms with Crippen LogP contribution in [0, 0.1) is 5.92 Å². The number of benzene rings is 2. The molecule has 6 nitrogen and oxygen atoms in total. The molecule has 144 valence electrons. The fourth-order valence-electron chi connectivity index (χ4n) is 3.81. The number of para-hydroxylation sites is 1. The predicted molar refractivity (Wildman–Crippen MR) is 111 cm³/mol. The summed E-state index contributed by atoms with van der Waals surface area (Å²) in [6.45, 7) is 2.64. The van der Waals surface area contributed by atoms with Crippen LogP contribution in [0.25, 0.3) is 5.69 Å². The third-order valence-corrected chi connectivity index (χ3v) is 5.22. The highest BCUT2D eigenvalue weighted by Gasteiger charge is 2.25. The number of aromatic nitrogens is 3. The van der Waals surface area contributed by atoms with Gasteiger partial charge in [0.1, 0.15) is 6.33 Å². The SMILES string of the molecule is CN=C(NCc1nncn1-c1ccccc1)N1CCC(Cc2ccccc2)C1. The van der Waals surface area contributed by atoms with Gasteiger partial charge in [-0.05, 0) is 36.5 Å². The molecular formula is C22H26N6. The number of nitrogens with zero attached hydrogens (tertiary/aromatic N) is 5. The molecule has 6 heteroatoms. The summed E-state index contributed by atoms with van der Waals surface area (Å²) in [5, 5.41) is 11.8. The van der Waals surface area contributed by atoms with E-state index in [0.29, 0.717) is 12.5 Å². The van der Waals surface area contributed by atoms with E-state index in [4.69, 9.17) is 0 Å². The second-order valence-corrected chi connectivity index (χ2v) is 7.14. The molecule has 28 heavy (non-hydrogen) atoms. The minimum absolute atomic E-state index is 0.585. The fraction of sp³-hybridized carbons (Fsp3) is 0.318. The summed E-state index contributed by atoms with van der Waals surface area (Å²) >= 11 is 0. The molecule has 1 saturated heterocycles. The van der Waals surface area contributed by atoms with Crippen molar-refractivity contribution < 1.29 is 0 Å². The summed E-state index contributed by atoms with van der Waals surface area (Å²) in [4.78, 5) is 6.83. The van der Waals surface area contributed by atoms with Gasteiger partial charge in [0.25, 0.3) is 0 Å². The highest BCUT2D eigenvalue weighted by molar-refractivity contribution is 5.80. The molecule has 1 fully saturated rings. The molecule has 3 aromatic rings. The third kappa shape index (κ3) is 4.22. The molecule has 0 aliphatic carbocycles. The van der Waals surface area contributed by atoms with Gasteiger partial charge < -0.3 is 10.2 Å². The Morgan fingerprint density at radius 1 is 1.11 bits per heavy atom. The normalized spacial score (nSPS) is 17.1. The summed E-state index contributed by atoms with van der Waals surface area (Å²) in [6, 6.07) is 20.9. The summed E-state index contributed by atoms with van der Waals surface area (Å²) in [5.41, 5.74) is 2.47. The van der Waals surface area contributed by atoms with Gasteiger partial charge in [-0.2, -0.15) is 0 Å². The van der Waals surface area contributed by atoms with E-state index in [0.717, 1.165) is 37.0 Å². The van der Waals surface area contributed by atoms with Crippen molar-refractivity contribution >= 4 is 5.96 Å². The van der Waals surface area contributed by atoms with Gasteiger partial charge in [-0.1, -0.05) is 48.5 Å². The fourth-order valence-corrected chi connectivity index (χ4v) is 3.81. The van der Waals surface area contributed by atoms with Crippen LogP contribution in [-0.2, 0) is 13.0 Å². The van der Waals surface area contributed by atoms with Crippen molar-refractivity contribution in [3.63, 3.8) is 0 Å². The Morgan fingerprint density at radius 2 is 1.86 bits per heavy atom. The highest BCUT2D eigenvalue weighted by Crippen LogP contribution is 2.21. The van der Waals surface area contributed by atoms with E-state index >= 15 is 0 Å². The molecule has 0 saturated carbocycles. The van der Waals surface area contributed by atoms with Gasteiger partial charge in [-0.25, -0.2) is 0 Å². The maximum Gasteiger partial charge on any atom is 0.194 e. The summed E-state index contributed by atoms with van der Waals surface area (Å²) in [6.07, 6.45) is 4.06. The molecule has 1 aliphatic rings. The molecular weight excluding hydrogens is 348 g/mol. The quantitative estimate of drug-likeness (QED) is 0.551. The zero-order valence-corrected chi connectivity index (χ0v) is 16.2. The molecule has 0 bridgehead atoms. The maximum atomic E-state index is 4.49. The van der Waals surface area contributed by atoms with Gasteiger partial charge in [0.2, 0.25) is 0 Å². The Hall–Kier alpha value is -3.15. The van der Waals surface area contributed by atoms with Crippen molar-refractivity contribution in [2.75, 3.05) is 20.1 Å². The average Bonchev–Trinajstić information content (AvgIpc) is 3.40. The Balaban J connectivity index is 1.36. The molecule has 1 unspecified atom stereocenters. The number of guanidine groups is 1. The second kappa shape index (κ2) is 8.69. The predicted octanol–water partition coefficient (Wildman–Crippen LogP) is 2.91. The smallest absolute Gasteiger partial charge is 0.194 e. The van der Waals surface area contributed by atoms with Gasteiger partial charge in [-0.3, -0.25) is 9.56 Å². The van der Waals surface area contributed by atoms with E-state index < -0.39 is 0 Å². The van der Waals surface area contributed by atoms with E-state index in [1.165, 1.54) is 12.0 Å². The Labute approximate surface area is 165 Å². The molecule has 1 atom stereocenters. The number of likely N-dealkylation sites (tertiary alicyclic amines) is 1. The summed E-state index contributed by atoms with van der Waals surface area (Å²) in [7, 11) is 1.84. The molecule has 4 rings (SSSR count). The Bertz CT molecular complexity index is 903. The van der Waals surface area contributed by atoms with Crippen molar-refractivity contribution in [3.05, 3.63) is 78.4 Å². The van der Waals surface area contributed by atoms with Crippen molar-refractivity contribution in [2.24, 2.45) is 10.9 Å². The summed E-state index contributed by atoms with van der Waals surface area (Å²) < 4.78 is 2.00. The Morgan fingerprint density at radius 3 is 2.61 bits per heavy atom. The van der Waals surface area contributed by atoms with Crippen LogP contribution in [0.5, 0.6) is 0 Å². The lowest BCUT2D eigenvalue weighted by molar-refractivity contribution is 0.458. The van der Waals surface area contributed by atoms with E-state index in [-0.39, 0.29) is 0 Å². The number of hydrogen-bond donors (Lipinski definition) is 1. The highest BCUT2D eigenvalue weighted by atomic mass is 15.3. The average molecular weight is 374 g/mol. The first-order chi connectivity index (χ1) is 13.8.